The fourth-order valence-electron chi connectivity index (χ4n) is 2.26. The fourth-order valence-corrected chi connectivity index (χ4v) is 2.26. The molecule has 1 aliphatic heterocycles. The van der Waals surface area contributed by atoms with Gasteiger partial charge in [0.25, 0.3) is 0 Å². The van der Waals surface area contributed by atoms with E-state index in [2.05, 4.69) is 10.6 Å². The van der Waals surface area contributed by atoms with Crippen LogP contribution in [0.15, 0.2) is 0 Å². The number of carbonyl (C=O) groups excluding carboxylic acids is 1. The average Bonchev–Trinajstić information content (AvgIpc) is 2.32. The van der Waals surface area contributed by atoms with Crippen LogP contribution in [0.2, 0.25) is 0 Å². The summed E-state index contributed by atoms with van der Waals surface area (Å²) in [6.07, 6.45) is 12.5. The first-order chi connectivity index (χ1) is 8.39. The van der Waals surface area contributed by atoms with Gasteiger partial charge in [0.2, 0.25) is 5.91 Å². The zero-order chi connectivity index (χ0) is 12.2. The maximum Gasteiger partial charge on any atom is 0.221 e. The zero-order valence-corrected chi connectivity index (χ0v) is 11.1. The van der Waals surface area contributed by atoms with Gasteiger partial charge in [-0.3, -0.25) is 4.79 Å². The van der Waals surface area contributed by atoms with Crippen molar-refractivity contribution in [1.29, 1.82) is 0 Å². The summed E-state index contributed by atoms with van der Waals surface area (Å²) in [6, 6.07) is 0. The van der Waals surface area contributed by atoms with E-state index < -0.39 is 0 Å². The molecule has 0 aromatic rings. The van der Waals surface area contributed by atoms with Gasteiger partial charge in [-0.25, -0.2) is 0 Å². The molecule has 1 amide bonds. The van der Waals surface area contributed by atoms with Crippen molar-refractivity contribution in [3.05, 3.63) is 0 Å². The lowest BCUT2D eigenvalue weighted by Crippen LogP contribution is -2.28. The maximum atomic E-state index is 11.4. The van der Waals surface area contributed by atoms with Crippen molar-refractivity contribution in [1.82, 2.24) is 10.6 Å². The molecule has 1 aliphatic rings. The molecule has 1 fully saturated rings. The van der Waals surface area contributed by atoms with Gasteiger partial charge in [0.1, 0.15) is 0 Å². The van der Waals surface area contributed by atoms with Crippen molar-refractivity contribution in [2.45, 2.75) is 64.2 Å². The Morgan fingerprint density at radius 3 is 1.82 bits per heavy atom. The van der Waals surface area contributed by atoms with Crippen LogP contribution in [-0.4, -0.2) is 25.5 Å². The van der Waals surface area contributed by atoms with Gasteiger partial charge < -0.3 is 10.6 Å². The Morgan fingerprint density at radius 1 is 0.647 bits per heavy atom. The van der Waals surface area contributed by atoms with Gasteiger partial charge in [-0.2, -0.15) is 0 Å². The molecular formula is C14H28N2O. The predicted molar refractivity (Wildman–Crippen MR) is 72.0 cm³/mol. The molecule has 0 aliphatic carbocycles. The second-order valence-electron chi connectivity index (χ2n) is 5.03. The first kappa shape index (κ1) is 14.5. The highest BCUT2D eigenvalue weighted by Gasteiger charge is 2.00. The molecule has 0 radical (unpaired) electrons. The lowest BCUT2D eigenvalue weighted by Gasteiger charge is -2.08. The molecule has 1 rings (SSSR count). The highest BCUT2D eigenvalue weighted by Crippen LogP contribution is 2.09. The Bertz CT molecular complexity index is 177. The number of hydrogen-bond donors (Lipinski definition) is 2. The van der Waals surface area contributed by atoms with E-state index in [1.807, 2.05) is 0 Å². The van der Waals surface area contributed by atoms with Crippen molar-refractivity contribution in [2.24, 2.45) is 0 Å². The summed E-state index contributed by atoms with van der Waals surface area (Å²) in [4.78, 5) is 11.4. The highest BCUT2D eigenvalue weighted by atomic mass is 16.1. The normalized spacial score (nSPS) is 22.9. The average molecular weight is 240 g/mol. The van der Waals surface area contributed by atoms with Crippen LogP contribution in [0.25, 0.3) is 0 Å². The molecule has 100 valence electrons. The molecule has 0 bridgehead atoms. The molecular weight excluding hydrogens is 212 g/mol. The van der Waals surface area contributed by atoms with Gasteiger partial charge in [0.15, 0.2) is 0 Å². The Labute approximate surface area is 106 Å². The van der Waals surface area contributed by atoms with Crippen LogP contribution in [0, 0.1) is 0 Å². The first-order valence-corrected chi connectivity index (χ1v) is 7.37. The summed E-state index contributed by atoms with van der Waals surface area (Å²) >= 11 is 0. The van der Waals surface area contributed by atoms with E-state index in [-0.39, 0.29) is 5.91 Å². The summed E-state index contributed by atoms with van der Waals surface area (Å²) in [5, 5.41) is 6.32. The van der Waals surface area contributed by atoms with Crippen LogP contribution < -0.4 is 10.6 Å². The molecule has 0 aromatic carbocycles. The van der Waals surface area contributed by atoms with E-state index >= 15 is 0 Å². The summed E-state index contributed by atoms with van der Waals surface area (Å²) in [5.74, 6) is 0.199. The van der Waals surface area contributed by atoms with Gasteiger partial charge in [0, 0.05) is 19.5 Å². The summed E-state index contributed by atoms with van der Waals surface area (Å²) in [6.45, 7) is 2.75. The standard InChI is InChI=1S/C14H28N2O/c17-14-10-13-15-11-8-6-4-2-1-3-5-7-9-12-16-14/h15H,1-13H2,(H,16,17). The first-order valence-electron chi connectivity index (χ1n) is 7.37. The molecule has 17 heavy (non-hydrogen) atoms. The molecule has 0 spiro atoms. The topological polar surface area (TPSA) is 41.1 Å². The number of carbonyl (C=O) groups is 1. The van der Waals surface area contributed by atoms with Crippen molar-refractivity contribution < 1.29 is 4.79 Å². The van der Waals surface area contributed by atoms with Crippen LogP contribution in [-0.2, 0) is 4.79 Å². The summed E-state index contributed by atoms with van der Waals surface area (Å²) < 4.78 is 0. The van der Waals surface area contributed by atoms with E-state index in [4.69, 9.17) is 0 Å². The minimum atomic E-state index is 0.199. The van der Waals surface area contributed by atoms with Crippen molar-refractivity contribution >= 4 is 5.91 Å². The molecule has 0 aromatic heterocycles. The van der Waals surface area contributed by atoms with Crippen molar-refractivity contribution in [3.63, 3.8) is 0 Å². The maximum absolute atomic E-state index is 11.4. The van der Waals surface area contributed by atoms with Crippen molar-refractivity contribution in [2.75, 3.05) is 19.6 Å². The van der Waals surface area contributed by atoms with Crippen LogP contribution in [0.1, 0.15) is 64.2 Å². The molecule has 1 saturated heterocycles. The number of amides is 1. The predicted octanol–water partition coefficient (Wildman–Crippen LogP) is 2.61. The lowest BCUT2D eigenvalue weighted by molar-refractivity contribution is -0.121. The fraction of sp³-hybridized carbons (Fsp3) is 0.929. The molecule has 0 saturated carbocycles. The Morgan fingerprint density at radius 2 is 1.18 bits per heavy atom. The van der Waals surface area contributed by atoms with Gasteiger partial charge in [0.05, 0.1) is 0 Å². The van der Waals surface area contributed by atoms with Gasteiger partial charge in [-0.1, -0.05) is 44.9 Å². The number of rotatable bonds is 0. The van der Waals surface area contributed by atoms with Gasteiger partial charge in [-0.05, 0) is 19.4 Å². The Balaban J connectivity index is 2.11. The van der Waals surface area contributed by atoms with Crippen LogP contribution >= 0.6 is 0 Å². The number of nitrogens with one attached hydrogen (secondary N) is 2. The lowest BCUT2D eigenvalue weighted by atomic mass is 10.1. The minimum Gasteiger partial charge on any atom is -0.356 e. The van der Waals surface area contributed by atoms with E-state index in [0.717, 1.165) is 26.1 Å². The van der Waals surface area contributed by atoms with E-state index in [1.54, 1.807) is 0 Å². The van der Waals surface area contributed by atoms with E-state index in [9.17, 15) is 4.79 Å². The van der Waals surface area contributed by atoms with Crippen molar-refractivity contribution in [3.8, 4) is 0 Å². The van der Waals surface area contributed by atoms with E-state index in [1.165, 1.54) is 51.4 Å². The number of hydrogen-bond acceptors (Lipinski definition) is 2. The molecule has 0 atom stereocenters. The summed E-state index contributed by atoms with van der Waals surface area (Å²) in [5.41, 5.74) is 0. The third-order valence-corrected chi connectivity index (χ3v) is 3.38. The Hall–Kier alpha value is -0.570. The molecule has 1 heterocycles. The SMILES string of the molecule is O=C1CCNCCCCCCCCCCCN1. The second kappa shape index (κ2) is 10.6. The molecule has 3 heteroatoms. The molecule has 3 nitrogen and oxygen atoms in total. The van der Waals surface area contributed by atoms with Crippen LogP contribution in [0.3, 0.4) is 0 Å². The second-order valence-corrected chi connectivity index (χ2v) is 5.03. The van der Waals surface area contributed by atoms with E-state index in [0.29, 0.717) is 6.42 Å². The minimum absolute atomic E-state index is 0.199. The zero-order valence-electron chi connectivity index (χ0n) is 11.1. The van der Waals surface area contributed by atoms with Crippen LogP contribution in [0.5, 0.6) is 0 Å². The molecule has 0 unspecified atom stereocenters. The molecule has 2 N–H and O–H groups in total. The van der Waals surface area contributed by atoms with Gasteiger partial charge in [-0.15, -0.1) is 0 Å². The highest BCUT2D eigenvalue weighted by molar-refractivity contribution is 5.75. The van der Waals surface area contributed by atoms with Crippen LogP contribution in [0.4, 0.5) is 0 Å². The third-order valence-electron chi connectivity index (χ3n) is 3.38. The van der Waals surface area contributed by atoms with Gasteiger partial charge >= 0.3 is 0 Å². The smallest absolute Gasteiger partial charge is 0.221 e. The largest absolute Gasteiger partial charge is 0.356 e. The quantitative estimate of drug-likeness (QED) is 0.683. The monoisotopic (exact) mass is 240 g/mol. The summed E-state index contributed by atoms with van der Waals surface area (Å²) in [7, 11) is 0. The Kier molecular flexibility index (Phi) is 9.01. The third kappa shape index (κ3) is 9.16.